The number of nitrogens with zero attached hydrogens (tertiary/aromatic N) is 4. The van der Waals surface area contributed by atoms with Gasteiger partial charge in [-0.25, -0.2) is 4.79 Å². The molecule has 1 saturated carbocycles. The van der Waals surface area contributed by atoms with E-state index in [0.717, 1.165) is 44.2 Å². The van der Waals surface area contributed by atoms with E-state index >= 15 is 0 Å². The average molecular weight is 448 g/mol. The van der Waals surface area contributed by atoms with Crippen LogP contribution in [0.1, 0.15) is 58.3 Å². The van der Waals surface area contributed by atoms with Crippen molar-refractivity contribution in [1.82, 2.24) is 20.0 Å². The molecule has 1 amide bonds. The number of furan rings is 1. The van der Waals surface area contributed by atoms with Crippen LogP contribution in [0.15, 0.2) is 27.8 Å². The van der Waals surface area contributed by atoms with Gasteiger partial charge in [-0.3, -0.25) is 9.89 Å². The van der Waals surface area contributed by atoms with Crippen LogP contribution in [0.2, 0.25) is 0 Å². The SMILES string of the molecule is CN=C(NCC(c1ccco1)N(C)C)N1CCC(N(CC2CC2)C(=O)OC(C)(C)C)CC1. The Balaban J connectivity index is 1.55. The Morgan fingerprint density at radius 1 is 1.28 bits per heavy atom. The third-order valence-electron chi connectivity index (χ3n) is 6.14. The molecule has 2 heterocycles. The fourth-order valence-electron chi connectivity index (χ4n) is 4.20. The summed E-state index contributed by atoms with van der Waals surface area (Å²) >= 11 is 0. The first-order chi connectivity index (χ1) is 15.2. The summed E-state index contributed by atoms with van der Waals surface area (Å²) < 4.78 is 11.3. The van der Waals surface area contributed by atoms with Gasteiger partial charge in [-0.15, -0.1) is 0 Å². The standard InChI is InChI=1S/C24H41N5O3/c1-24(2,3)32-23(30)29(17-18-9-10-18)19-11-13-28(14-12-19)22(25-4)26-16-20(27(5)6)21-8-7-15-31-21/h7-8,15,18-20H,9-14,16-17H2,1-6H3,(H,25,26). The van der Waals surface area contributed by atoms with Crippen molar-refractivity contribution >= 4 is 12.1 Å². The predicted octanol–water partition coefficient (Wildman–Crippen LogP) is 3.57. The molecule has 2 aliphatic rings. The fraction of sp³-hybridized carbons (Fsp3) is 0.750. The lowest BCUT2D eigenvalue weighted by Crippen LogP contribution is -2.53. The molecule has 1 aliphatic heterocycles. The molecule has 0 spiro atoms. The van der Waals surface area contributed by atoms with Gasteiger partial charge in [-0.05, 0) is 78.6 Å². The Bertz CT molecular complexity index is 744. The van der Waals surface area contributed by atoms with Crippen LogP contribution < -0.4 is 5.32 Å². The van der Waals surface area contributed by atoms with Gasteiger partial charge in [0.2, 0.25) is 0 Å². The van der Waals surface area contributed by atoms with Gasteiger partial charge in [0, 0.05) is 39.3 Å². The second-order valence-corrected chi connectivity index (χ2v) is 10.2. The van der Waals surface area contributed by atoms with Gasteiger partial charge in [0.1, 0.15) is 11.4 Å². The highest BCUT2D eigenvalue weighted by Gasteiger charge is 2.35. The van der Waals surface area contributed by atoms with Gasteiger partial charge in [0.15, 0.2) is 5.96 Å². The first kappa shape index (κ1) is 24.4. The lowest BCUT2D eigenvalue weighted by atomic mass is 10.0. The number of amides is 1. The van der Waals surface area contributed by atoms with Gasteiger partial charge in [-0.1, -0.05) is 0 Å². The van der Waals surface area contributed by atoms with Crippen molar-refractivity contribution in [2.75, 3.05) is 47.3 Å². The number of hydrogen-bond donors (Lipinski definition) is 1. The van der Waals surface area contributed by atoms with E-state index in [1.807, 2.05) is 58.9 Å². The molecule has 8 nitrogen and oxygen atoms in total. The molecular weight excluding hydrogens is 406 g/mol. The molecule has 0 aromatic carbocycles. The summed E-state index contributed by atoms with van der Waals surface area (Å²) in [4.78, 5) is 23.8. The molecule has 1 aromatic heterocycles. The number of aliphatic imine (C=N–C) groups is 1. The minimum Gasteiger partial charge on any atom is -0.468 e. The largest absolute Gasteiger partial charge is 0.468 e. The molecule has 1 N–H and O–H groups in total. The maximum absolute atomic E-state index is 12.9. The Kier molecular flexibility index (Phi) is 8.09. The molecule has 1 saturated heterocycles. The van der Waals surface area contributed by atoms with Crippen molar-refractivity contribution in [2.45, 2.75) is 64.1 Å². The summed E-state index contributed by atoms with van der Waals surface area (Å²) in [6.45, 7) is 9.05. The first-order valence-electron chi connectivity index (χ1n) is 11.8. The monoisotopic (exact) mass is 447 g/mol. The number of guanidine groups is 1. The topological polar surface area (TPSA) is 73.6 Å². The van der Waals surface area contributed by atoms with E-state index in [2.05, 4.69) is 20.1 Å². The van der Waals surface area contributed by atoms with Crippen LogP contribution in [0.25, 0.3) is 0 Å². The van der Waals surface area contributed by atoms with Crippen molar-refractivity contribution in [3.63, 3.8) is 0 Å². The third-order valence-corrected chi connectivity index (χ3v) is 6.14. The van der Waals surface area contributed by atoms with E-state index in [1.165, 1.54) is 12.8 Å². The van der Waals surface area contributed by atoms with E-state index in [-0.39, 0.29) is 18.2 Å². The van der Waals surface area contributed by atoms with Crippen molar-refractivity contribution in [1.29, 1.82) is 0 Å². The summed E-state index contributed by atoms with van der Waals surface area (Å²) in [6.07, 6.45) is 5.82. The molecule has 1 aromatic rings. The fourth-order valence-corrected chi connectivity index (χ4v) is 4.20. The zero-order valence-electron chi connectivity index (χ0n) is 20.6. The summed E-state index contributed by atoms with van der Waals surface area (Å²) in [7, 11) is 5.93. The van der Waals surface area contributed by atoms with Crippen LogP contribution >= 0.6 is 0 Å². The molecule has 32 heavy (non-hydrogen) atoms. The van der Waals surface area contributed by atoms with Gasteiger partial charge in [0.25, 0.3) is 0 Å². The maximum Gasteiger partial charge on any atom is 0.410 e. The number of likely N-dealkylation sites (N-methyl/N-ethyl adjacent to an activating group) is 1. The molecule has 0 radical (unpaired) electrons. The second-order valence-electron chi connectivity index (χ2n) is 10.2. The van der Waals surface area contributed by atoms with Crippen molar-refractivity contribution < 1.29 is 13.9 Å². The Hall–Kier alpha value is -2.22. The Morgan fingerprint density at radius 3 is 2.47 bits per heavy atom. The van der Waals surface area contributed by atoms with Crippen LogP contribution in [0.4, 0.5) is 4.79 Å². The van der Waals surface area contributed by atoms with E-state index in [4.69, 9.17) is 9.15 Å². The normalized spacial score (nSPS) is 19.2. The van der Waals surface area contributed by atoms with Crippen LogP contribution in [-0.2, 0) is 4.74 Å². The van der Waals surface area contributed by atoms with Crippen molar-refractivity contribution in [3.8, 4) is 0 Å². The van der Waals surface area contributed by atoms with Gasteiger partial charge in [-0.2, -0.15) is 0 Å². The molecule has 180 valence electrons. The van der Waals surface area contributed by atoms with E-state index in [9.17, 15) is 4.79 Å². The molecule has 1 unspecified atom stereocenters. The maximum atomic E-state index is 12.9. The number of carbonyl (C=O) groups is 1. The predicted molar refractivity (Wildman–Crippen MR) is 127 cm³/mol. The number of rotatable bonds is 7. The van der Waals surface area contributed by atoms with E-state index < -0.39 is 5.60 Å². The molecule has 1 atom stereocenters. The third kappa shape index (κ3) is 6.89. The van der Waals surface area contributed by atoms with Gasteiger partial charge < -0.3 is 24.3 Å². The quantitative estimate of drug-likeness (QED) is 0.509. The van der Waals surface area contributed by atoms with Crippen LogP contribution in [0.3, 0.4) is 0 Å². The van der Waals surface area contributed by atoms with Crippen LogP contribution in [-0.4, -0.2) is 85.7 Å². The molecular formula is C24H41N5O3. The molecule has 2 fully saturated rings. The van der Waals surface area contributed by atoms with E-state index in [0.29, 0.717) is 12.5 Å². The highest BCUT2D eigenvalue weighted by atomic mass is 16.6. The summed E-state index contributed by atoms with van der Waals surface area (Å²) in [5, 5.41) is 3.52. The highest BCUT2D eigenvalue weighted by Crippen LogP contribution is 2.32. The first-order valence-corrected chi connectivity index (χ1v) is 11.8. The average Bonchev–Trinajstić information content (AvgIpc) is 3.39. The lowest BCUT2D eigenvalue weighted by Gasteiger charge is -2.40. The second kappa shape index (κ2) is 10.6. The van der Waals surface area contributed by atoms with Crippen molar-refractivity contribution in [3.05, 3.63) is 24.2 Å². The van der Waals surface area contributed by atoms with Gasteiger partial charge in [0.05, 0.1) is 12.3 Å². The highest BCUT2D eigenvalue weighted by molar-refractivity contribution is 5.80. The molecule has 0 bridgehead atoms. The molecule has 1 aliphatic carbocycles. The number of likely N-dealkylation sites (tertiary alicyclic amines) is 1. The minimum absolute atomic E-state index is 0.125. The zero-order chi connectivity index (χ0) is 23.3. The van der Waals surface area contributed by atoms with Crippen molar-refractivity contribution in [2.24, 2.45) is 10.9 Å². The van der Waals surface area contributed by atoms with Gasteiger partial charge >= 0.3 is 6.09 Å². The minimum atomic E-state index is -0.470. The number of ether oxygens (including phenoxy) is 1. The summed E-state index contributed by atoms with van der Waals surface area (Å²) in [6, 6.07) is 4.27. The Labute approximate surface area is 193 Å². The van der Waals surface area contributed by atoms with Crippen LogP contribution in [0.5, 0.6) is 0 Å². The smallest absolute Gasteiger partial charge is 0.410 e. The number of carbonyl (C=O) groups excluding carboxylic acids is 1. The molecule has 8 heteroatoms. The molecule has 3 rings (SSSR count). The zero-order valence-corrected chi connectivity index (χ0v) is 20.6. The van der Waals surface area contributed by atoms with Crippen LogP contribution in [0, 0.1) is 5.92 Å². The number of nitrogens with one attached hydrogen (secondary N) is 1. The summed E-state index contributed by atoms with van der Waals surface area (Å²) in [5.41, 5.74) is -0.470. The Morgan fingerprint density at radius 2 is 1.97 bits per heavy atom. The number of hydrogen-bond acceptors (Lipinski definition) is 5. The summed E-state index contributed by atoms with van der Waals surface area (Å²) in [5.74, 6) is 2.47. The lowest BCUT2D eigenvalue weighted by molar-refractivity contribution is 0.00927. The van der Waals surface area contributed by atoms with E-state index in [1.54, 1.807) is 6.26 Å². The number of piperidine rings is 1.